The van der Waals surface area contributed by atoms with Crippen LogP contribution < -0.4 is 9.47 Å². The van der Waals surface area contributed by atoms with Gasteiger partial charge in [-0.3, -0.25) is 9.69 Å². The van der Waals surface area contributed by atoms with Crippen molar-refractivity contribution in [1.82, 2.24) is 14.8 Å². The third-order valence-corrected chi connectivity index (χ3v) is 7.14. The highest BCUT2D eigenvalue weighted by molar-refractivity contribution is 5.98. The molecule has 0 saturated heterocycles. The number of aliphatic hydroxyl groups excluding tert-OH is 1. The summed E-state index contributed by atoms with van der Waals surface area (Å²) in [4.78, 5) is 21.7. The van der Waals surface area contributed by atoms with E-state index in [1.165, 1.54) is 6.07 Å². The second-order valence-electron chi connectivity index (χ2n) is 10.3. The lowest BCUT2D eigenvalue weighted by molar-refractivity contribution is -0.137. The number of aromatic nitrogens is 1. The molecule has 0 unspecified atom stereocenters. The van der Waals surface area contributed by atoms with Gasteiger partial charge in [0.15, 0.2) is 0 Å². The van der Waals surface area contributed by atoms with Gasteiger partial charge in [-0.1, -0.05) is 37.3 Å². The van der Waals surface area contributed by atoms with Crippen molar-refractivity contribution >= 4 is 5.91 Å². The van der Waals surface area contributed by atoms with Crippen LogP contribution in [0.4, 0.5) is 13.2 Å². The molecule has 0 spiro atoms. The first-order valence-electron chi connectivity index (χ1n) is 13.1. The van der Waals surface area contributed by atoms with Crippen LogP contribution >= 0.6 is 0 Å². The molecule has 214 valence electrons. The maximum Gasteiger partial charge on any atom is 0.416 e. The number of benzene rings is 2. The molecule has 2 aromatic carbocycles. The van der Waals surface area contributed by atoms with Crippen LogP contribution in [-0.4, -0.2) is 71.8 Å². The Kier molecular flexibility index (Phi) is 9.00. The van der Waals surface area contributed by atoms with E-state index in [4.69, 9.17) is 9.47 Å². The minimum atomic E-state index is -4.41. The lowest BCUT2D eigenvalue weighted by atomic mass is 9.99. The molecule has 4 rings (SSSR count). The predicted molar refractivity (Wildman–Crippen MR) is 145 cm³/mol. The normalized spacial score (nSPS) is 18.5. The number of carbonyl (C=O) groups excluding carboxylic acids is 1. The van der Waals surface area contributed by atoms with Crippen LogP contribution in [-0.2, 0) is 12.7 Å². The summed E-state index contributed by atoms with van der Waals surface area (Å²) >= 11 is 0. The summed E-state index contributed by atoms with van der Waals surface area (Å²) in [6, 6.07) is 14.0. The molecular weight excluding hydrogens is 523 g/mol. The van der Waals surface area contributed by atoms with Crippen molar-refractivity contribution in [1.29, 1.82) is 0 Å². The third kappa shape index (κ3) is 6.74. The van der Waals surface area contributed by atoms with Crippen molar-refractivity contribution in [2.24, 2.45) is 5.92 Å². The lowest BCUT2D eigenvalue weighted by Gasteiger charge is -2.37. The highest BCUT2D eigenvalue weighted by Crippen LogP contribution is 2.32. The summed E-state index contributed by atoms with van der Waals surface area (Å²) in [6.45, 7) is 4.51. The Morgan fingerprint density at radius 3 is 2.55 bits per heavy atom. The van der Waals surface area contributed by atoms with Crippen molar-refractivity contribution in [3.05, 3.63) is 77.5 Å². The largest absolute Gasteiger partial charge is 0.497 e. The van der Waals surface area contributed by atoms with E-state index in [0.717, 1.165) is 23.3 Å². The summed E-state index contributed by atoms with van der Waals surface area (Å²) in [6.07, 6.45) is -3.19. The molecule has 10 heteroatoms. The molecule has 1 aromatic heterocycles. The summed E-state index contributed by atoms with van der Waals surface area (Å²) in [5.74, 6) is 0.443. The van der Waals surface area contributed by atoms with Crippen molar-refractivity contribution in [3.63, 3.8) is 0 Å². The maximum atomic E-state index is 13.7. The average Bonchev–Trinajstić information content (AvgIpc) is 2.94. The smallest absolute Gasteiger partial charge is 0.416 e. The van der Waals surface area contributed by atoms with Crippen molar-refractivity contribution < 1.29 is 32.5 Å². The number of aliphatic hydroxyl groups is 1. The van der Waals surface area contributed by atoms with E-state index >= 15 is 0 Å². The fourth-order valence-electron chi connectivity index (χ4n) is 4.79. The van der Waals surface area contributed by atoms with E-state index in [0.29, 0.717) is 24.4 Å². The Bertz CT molecular complexity index is 1320. The highest BCUT2D eigenvalue weighted by Gasteiger charge is 2.35. The number of fused-ring (bicyclic) bond motifs is 1. The van der Waals surface area contributed by atoms with Gasteiger partial charge in [0.25, 0.3) is 5.91 Å². The molecule has 0 saturated carbocycles. The molecule has 3 atom stereocenters. The van der Waals surface area contributed by atoms with Gasteiger partial charge in [0.05, 0.1) is 25.3 Å². The zero-order valence-corrected chi connectivity index (χ0v) is 23.0. The number of hydrogen-bond donors (Lipinski definition) is 1. The molecule has 0 aliphatic carbocycles. The second-order valence-corrected chi connectivity index (χ2v) is 10.3. The zero-order chi connectivity index (χ0) is 29.0. The fraction of sp³-hybridized carbons (Fsp3) is 0.400. The number of halogens is 3. The van der Waals surface area contributed by atoms with Gasteiger partial charge in [0.2, 0.25) is 5.88 Å². The minimum absolute atomic E-state index is 0.155. The number of likely N-dealkylation sites (N-methyl/N-ethyl adjacent to an activating group) is 1. The molecule has 1 amide bonds. The highest BCUT2D eigenvalue weighted by atomic mass is 19.4. The summed E-state index contributed by atoms with van der Waals surface area (Å²) < 4.78 is 51.1. The van der Waals surface area contributed by atoms with E-state index in [9.17, 15) is 23.1 Å². The van der Waals surface area contributed by atoms with Gasteiger partial charge >= 0.3 is 6.18 Å². The van der Waals surface area contributed by atoms with Gasteiger partial charge in [0.1, 0.15) is 17.4 Å². The molecule has 0 fully saturated rings. The summed E-state index contributed by atoms with van der Waals surface area (Å²) in [5, 5.41) is 9.90. The number of hydrogen-bond acceptors (Lipinski definition) is 6. The molecule has 2 heterocycles. The van der Waals surface area contributed by atoms with Crippen LogP contribution in [0.1, 0.15) is 35.3 Å². The van der Waals surface area contributed by atoms with Crippen LogP contribution in [0.2, 0.25) is 0 Å². The van der Waals surface area contributed by atoms with Crippen LogP contribution in [0.15, 0.2) is 60.8 Å². The van der Waals surface area contributed by atoms with Crippen molar-refractivity contribution in [3.8, 4) is 22.8 Å². The van der Waals surface area contributed by atoms with Gasteiger partial charge in [-0.25, -0.2) is 4.98 Å². The van der Waals surface area contributed by atoms with E-state index in [-0.39, 0.29) is 36.4 Å². The van der Waals surface area contributed by atoms with E-state index in [2.05, 4.69) is 4.98 Å². The molecule has 0 bridgehead atoms. The standard InChI is InChI=1S/C30H34F3N3O4/c1-19-15-36(20(2)18-37)29(38)26-13-23(22-8-10-25(39-4)11-9-22)14-34-28(26)40-27(19)17-35(3)16-21-6-5-7-24(12-21)30(31,32)33/h5-14,19-20,27,37H,15-18H2,1-4H3/t19-,20+,27-/m0/s1. The van der Waals surface area contributed by atoms with Crippen LogP contribution in [0, 0.1) is 5.92 Å². The number of alkyl halides is 3. The van der Waals surface area contributed by atoms with Crippen LogP contribution in [0.3, 0.4) is 0 Å². The Morgan fingerprint density at radius 2 is 1.90 bits per heavy atom. The zero-order valence-electron chi connectivity index (χ0n) is 23.0. The summed E-state index contributed by atoms with van der Waals surface area (Å²) in [7, 11) is 3.40. The molecule has 0 radical (unpaired) electrons. The average molecular weight is 558 g/mol. The molecule has 40 heavy (non-hydrogen) atoms. The van der Waals surface area contributed by atoms with E-state index in [1.54, 1.807) is 37.3 Å². The lowest BCUT2D eigenvalue weighted by Crippen LogP contribution is -2.49. The van der Waals surface area contributed by atoms with Crippen molar-refractivity contribution in [2.45, 2.75) is 38.7 Å². The number of amides is 1. The molecule has 1 aliphatic heterocycles. The molecule has 1 aliphatic rings. The number of methoxy groups -OCH3 is 1. The Labute approximate surface area is 232 Å². The monoisotopic (exact) mass is 557 g/mol. The predicted octanol–water partition coefficient (Wildman–Crippen LogP) is 5.13. The topological polar surface area (TPSA) is 75.1 Å². The number of carbonyl (C=O) groups is 1. The van der Waals surface area contributed by atoms with Gasteiger partial charge in [-0.05, 0) is 49.4 Å². The Morgan fingerprint density at radius 1 is 1.18 bits per heavy atom. The number of ether oxygens (including phenoxy) is 2. The van der Waals surface area contributed by atoms with Gasteiger partial charge in [0, 0.05) is 37.3 Å². The minimum Gasteiger partial charge on any atom is -0.497 e. The molecule has 1 N–H and O–H groups in total. The number of nitrogens with zero attached hydrogens (tertiary/aromatic N) is 3. The first-order valence-corrected chi connectivity index (χ1v) is 13.1. The van der Waals surface area contributed by atoms with E-state index < -0.39 is 23.9 Å². The second kappa shape index (κ2) is 12.3. The first kappa shape index (κ1) is 29.4. The van der Waals surface area contributed by atoms with E-state index in [1.807, 2.05) is 43.1 Å². The van der Waals surface area contributed by atoms with Crippen LogP contribution in [0.5, 0.6) is 11.6 Å². The van der Waals surface area contributed by atoms with Gasteiger partial charge in [-0.2, -0.15) is 13.2 Å². The van der Waals surface area contributed by atoms with Crippen LogP contribution in [0.25, 0.3) is 11.1 Å². The Balaban J connectivity index is 1.62. The number of pyridine rings is 1. The van der Waals surface area contributed by atoms with Crippen molar-refractivity contribution in [2.75, 3.05) is 33.9 Å². The molecule has 7 nitrogen and oxygen atoms in total. The fourth-order valence-corrected chi connectivity index (χ4v) is 4.79. The Hall–Kier alpha value is -3.63. The molecular formula is C30H34F3N3O4. The SMILES string of the molecule is COc1ccc(-c2cnc3c(c2)C(=O)N([C@H](C)CO)C[C@H](C)[C@H](CN(C)Cc2cccc(C(F)(F)F)c2)O3)cc1. The quantitative estimate of drug-likeness (QED) is 0.414. The third-order valence-electron chi connectivity index (χ3n) is 7.14. The van der Waals surface area contributed by atoms with Gasteiger partial charge < -0.3 is 19.5 Å². The van der Waals surface area contributed by atoms with Gasteiger partial charge in [-0.15, -0.1) is 0 Å². The maximum absolute atomic E-state index is 13.7. The summed E-state index contributed by atoms with van der Waals surface area (Å²) in [5.41, 5.74) is 1.70. The number of rotatable bonds is 8. The first-order chi connectivity index (χ1) is 19.0. The molecule has 3 aromatic rings.